The molecule has 94 valence electrons. The average Bonchev–Trinajstić information content (AvgIpc) is 2.34. The van der Waals surface area contributed by atoms with Gasteiger partial charge in [-0.15, -0.1) is 0 Å². The van der Waals surface area contributed by atoms with Gasteiger partial charge in [-0.3, -0.25) is 9.36 Å². The van der Waals surface area contributed by atoms with E-state index in [1.54, 1.807) is 0 Å². The fourth-order valence-electron chi connectivity index (χ4n) is 1.87. The zero-order valence-corrected chi connectivity index (χ0v) is 11.0. The highest BCUT2D eigenvalue weighted by Gasteiger charge is 2.09. The molecular weight excluding hydrogens is 250 g/mol. The van der Waals surface area contributed by atoms with Gasteiger partial charge in [-0.05, 0) is 30.5 Å². The number of anilines is 1. The van der Waals surface area contributed by atoms with Crippen molar-refractivity contribution in [2.45, 2.75) is 20.4 Å². The predicted molar refractivity (Wildman–Crippen MR) is 72.9 cm³/mol. The summed E-state index contributed by atoms with van der Waals surface area (Å²) in [5.41, 5.74) is 8.64. The first-order valence-corrected chi connectivity index (χ1v) is 5.94. The van der Waals surface area contributed by atoms with Crippen molar-refractivity contribution in [1.29, 1.82) is 0 Å². The molecule has 0 radical (unpaired) electrons. The van der Waals surface area contributed by atoms with E-state index < -0.39 is 0 Å². The van der Waals surface area contributed by atoms with Crippen LogP contribution in [0.3, 0.4) is 0 Å². The number of halogens is 1. The van der Waals surface area contributed by atoms with Crippen LogP contribution >= 0.6 is 11.6 Å². The number of nitrogens with zero attached hydrogens (tertiary/aromatic N) is 2. The number of hydrogen-bond donors (Lipinski definition) is 1. The number of nitrogens with two attached hydrogens (primary N) is 1. The molecular formula is C13H14ClN3O. The van der Waals surface area contributed by atoms with Crippen LogP contribution in [0.15, 0.2) is 29.3 Å². The molecule has 0 fully saturated rings. The zero-order valence-electron chi connectivity index (χ0n) is 10.3. The summed E-state index contributed by atoms with van der Waals surface area (Å²) in [5, 5.41) is 0.0535. The molecule has 1 aromatic heterocycles. The van der Waals surface area contributed by atoms with Crippen LogP contribution in [0.25, 0.3) is 0 Å². The molecule has 18 heavy (non-hydrogen) atoms. The maximum absolute atomic E-state index is 11.9. The van der Waals surface area contributed by atoms with E-state index in [1.807, 2.05) is 32.0 Å². The first-order valence-electron chi connectivity index (χ1n) is 5.56. The molecule has 1 aromatic carbocycles. The molecule has 0 aliphatic rings. The van der Waals surface area contributed by atoms with Gasteiger partial charge in [-0.2, -0.15) is 0 Å². The summed E-state index contributed by atoms with van der Waals surface area (Å²) in [6, 6.07) is 6.02. The molecule has 0 bridgehead atoms. The summed E-state index contributed by atoms with van der Waals surface area (Å²) in [6.45, 7) is 4.48. The molecule has 2 rings (SSSR count). The Hall–Kier alpha value is -1.81. The third kappa shape index (κ3) is 2.24. The molecule has 1 heterocycles. The molecule has 4 nitrogen and oxygen atoms in total. The Morgan fingerprint density at radius 1 is 1.33 bits per heavy atom. The first-order chi connectivity index (χ1) is 8.50. The number of rotatable bonds is 2. The molecule has 0 atom stereocenters. The van der Waals surface area contributed by atoms with Crippen LogP contribution in [0.4, 0.5) is 5.69 Å². The van der Waals surface area contributed by atoms with E-state index in [9.17, 15) is 4.79 Å². The summed E-state index contributed by atoms with van der Waals surface area (Å²) < 4.78 is 1.47. The van der Waals surface area contributed by atoms with Gasteiger partial charge in [0.15, 0.2) is 5.15 Å². The minimum Gasteiger partial charge on any atom is -0.392 e. The Kier molecular flexibility index (Phi) is 3.39. The Morgan fingerprint density at radius 3 is 2.56 bits per heavy atom. The van der Waals surface area contributed by atoms with Crippen molar-refractivity contribution in [3.05, 3.63) is 56.7 Å². The second-order valence-corrected chi connectivity index (χ2v) is 4.61. The van der Waals surface area contributed by atoms with Crippen LogP contribution < -0.4 is 11.3 Å². The molecule has 0 amide bonds. The van der Waals surface area contributed by atoms with Crippen molar-refractivity contribution in [1.82, 2.24) is 9.55 Å². The van der Waals surface area contributed by atoms with Gasteiger partial charge in [-0.1, -0.05) is 29.8 Å². The molecule has 2 N–H and O–H groups in total. The number of hydrogen-bond acceptors (Lipinski definition) is 3. The lowest BCUT2D eigenvalue weighted by Crippen LogP contribution is -2.24. The van der Waals surface area contributed by atoms with Crippen LogP contribution in [-0.4, -0.2) is 9.55 Å². The Morgan fingerprint density at radius 2 is 1.94 bits per heavy atom. The molecule has 5 heteroatoms. The van der Waals surface area contributed by atoms with E-state index in [4.69, 9.17) is 17.3 Å². The lowest BCUT2D eigenvalue weighted by molar-refractivity contribution is 0.732. The van der Waals surface area contributed by atoms with Crippen molar-refractivity contribution < 1.29 is 0 Å². The largest absolute Gasteiger partial charge is 0.392 e. The predicted octanol–water partition coefficient (Wildman–Crippen LogP) is 2.14. The van der Waals surface area contributed by atoms with Crippen molar-refractivity contribution in [2.75, 3.05) is 5.73 Å². The molecule has 0 unspecified atom stereocenters. The summed E-state index contributed by atoms with van der Waals surface area (Å²) in [5.74, 6) is 0. The second kappa shape index (κ2) is 4.82. The van der Waals surface area contributed by atoms with E-state index >= 15 is 0 Å². The molecule has 0 spiro atoms. The number of nitrogen functional groups attached to an aromatic ring is 1. The van der Waals surface area contributed by atoms with Gasteiger partial charge in [-0.25, -0.2) is 4.98 Å². The van der Waals surface area contributed by atoms with E-state index in [-0.39, 0.29) is 16.4 Å². The van der Waals surface area contributed by atoms with Gasteiger partial charge < -0.3 is 5.73 Å². The maximum Gasteiger partial charge on any atom is 0.278 e. The molecule has 0 aliphatic heterocycles. The van der Waals surface area contributed by atoms with Gasteiger partial charge in [0, 0.05) is 0 Å². The van der Waals surface area contributed by atoms with Crippen molar-refractivity contribution in [3.8, 4) is 0 Å². The summed E-state index contributed by atoms with van der Waals surface area (Å²) in [4.78, 5) is 15.8. The van der Waals surface area contributed by atoms with Crippen LogP contribution in [-0.2, 0) is 6.54 Å². The van der Waals surface area contributed by atoms with Gasteiger partial charge >= 0.3 is 0 Å². The van der Waals surface area contributed by atoms with Crippen LogP contribution in [0.5, 0.6) is 0 Å². The minimum absolute atomic E-state index is 0.00889. The Balaban J connectivity index is 2.47. The summed E-state index contributed by atoms with van der Waals surface area (Å²) in [7, 11) is 0. The van der Waals surface area contributed by atoms with Gasteiger partial charge in [0.2, 0.25) is 0 Å². The monoisotopic (exact) mass is 263 g/mol. The highest BCUT2D eigenvalue weighted by molar-refractivity contribution is 6.31. The third-order valence-corrected chi connectivity index (χ3v) is 3.30. The van der Waals surface area contributed by atoms with Gasteiger partial charge in [0.25, 0.3) is 5.56 Å². The van der Waals surface area contributed by atoms with Crippen LogP contribution in [0, 0.1) is 13.8 Å². The smallest absolute Gasteiger partial charge is 0.278 e. The highest BCUT2D eigenvalue weighted by Crippen LogP contribution is 2.15. The topological polar surface area (TPSA) is 60.9 Å². The number of aromatic nitrogens is 2. The lowest BCUT2D eigenvalue weighted by Gasteiger charge is -2.12. The normalized spacial score (nSPS) is 10.6. The molecule has 0 aliphatic carbocycles. The van der Waals surface area contributed by atoms with Crippen LogP contribution in [0.2, 0.25) is 5.15 Å². The van der Waals surface area contributed by atoms with Gasteiger partial charge in [0.05, 0.1) is 12.9 Å². The third-order valence-electron chi connectivity index (χ3n) is 3.00. The summed E-state index contributed by atoms with van der Waals surface area (Å²) >= 11 is 5.70. The zero-order chi connectivity index (χ0) is 13.3. The fourth-order valence-corrected chi connectivity index (χ4v) is 1.99. The average molecular weight is 264 g/mol. The number of aryl methyl sites for hydroxylation is 2. The quantitative estimate of drug-likeness (QED) is 0.845. The van der Waals surface area contributed by atoms with Crippen molar-refractivity contribution in [2.24, 2.45) is 0 Å². The van der Waals surface area contributed by atoms with Crippen molar-refractivity contribution in [3.63, 3.8) is 0 Å². The van der Waals surface area contributed by atoms with E-state index in [1.165, 1.54) is 10.9 Å². The fraction of sp³-hybridized carbons (Fsp3) is 0.231. The SMILES string of the molecule is Cc1cccc(C)c1Cn1cnc(Cl)c(N)c1=O. The Bertz CT molecular complexity index is 629. The Labute approximate surface area is 110 Å². The summed E-state index contributed by atoms with van der Waals surface area (Å²) in [6.07, 6.45) is 1.42. The lowest BCUT2D eigenvalue weighted by atomic mass is 10.0. The van der Waals surface area contributed by atoms with E-state index in [2.05, 4.69) is 4.98 Å². The minimum atomic E-state index is -0.308. The van der Waals surface area contributed by atoms with E-state index in [0.29, 0.717) is 6.54 Å². The van der Waals surface area contributed by atoms with Crippen LogP contribution in [0.1, 0.15) is 16.7 Å². The second-order valence-electron chi connectivity index (χ2n) is 4.25. The molecule has 0 saturated carbocycles. The highest BCUT2D eigenvalue weighted by atomic mass is 35.5. The first kappa shape index (κ1) is 12.6. The van der Waals surface area contributed by atoms with Gasteiger partial charge in [0.1, 0.15) is 5.69 Å². The molecule has 2 aromatic rings. The maximum atomic E-state index is 11.9. The van der Waals surface area contributed by atoms with E-state index in [0.717, 1.165) is 16.7 Å². The standard InChI is InChI=1S/C13H14ClN3O/c1-8-4-3-5-9(2)10(8)6-17-7-16-12(14)11(15)13(17)18/h3-5,7H,6,15H2,1-2H3. The number of benzene rings is 1. The van der Waals surface area contributed by atoms with Crippen molar-refractivity contribution >= 4 is 17.3 Å². The molecule has 0 saturated heterocycles.